The SMILES string of the molecule is O=C1CC(Br)CN1c1ccc(Cl)cc1Cl. The molecule has 1 atom stereocenters. The highest BCUT2D eigenvalue weighted by Crippen LogP contribution is 2.32. The predicted molar refractivity (Wildman–Crippen MR) is 66.1 cm³/mol. The van der Waals surface area contributed by atoms with E-state index in [1.807, 2.05) is 0 Å². The normalized spacial score (nSPS) is 21.1. The van der Waals surface area contributed by atoms with Crippen molar-refractivity contribution in [1.29, 1.82) is 0 Å². The summed E-state index contributed by atoms with van der Waals surface area (Å²) >= 11 is 15.2. The molecule has 80 valence electrons. The van der Waals surface area contributed by atoms with Crippen LogP contribution in [0.2, 0.25) is 10.0 Å². The fraction of sp³-hybridized carbons (Fsp3) is 0.300. The van der Waals surface area contributed by atoms with Gasteiger partial charge in [0.15, 0.2) is 0 Å². The molecule has 0 aliphatic carbocycles. The molecule has 1 aliphatic heterocycles. The lowest BCUT2D eigenvalue weighted by Gasteiger charge is -2.17. The molecule has 0 radical (unpaired) electrons. The van der Waals surface area contributed by atoms with Gasteiger partial charge < -0.3 is 4.90 Å². The molecule has 0 spiro atoms. The summed E-state index contributed by atoms with van der Waals surface area (Å²) in [6.45, 7) is 0.653. The number of anilines is 1. The fourth-order valence-corrected chi connectivity index (χ4v) is 2.67. The zero-order valence-corrected chi connectivity index (χ0v) is 10.8. The van der Waals surface area contributed by atoms with Crippen LogP contribution in [0.3, 0.4) is 0 Å². The van der Waals surface area contributed by atoms with E-state index in [0.29, 0.717) is 23.0 Å². The molecule has 1 aromatic carbocycles. The van der Waals surface area contributed by atoms with E-state index in [0.717, 1.165) is 5.69 Å². The monoisotopic (exact) mass is 307 g/mol. The molecule has 2 rings (SSSR count). The van der Waals surface area contributed by atoms with Crippen LogP contribution in [0, 0.1) is 0 Å². The van der Waals surface area contributed by atoms with Gasteiger partial charge in [-0.15, -0.1) is 0 Å². The van der Waals surface area contributed by atoms with E-state index in [2.05, 4.69) is 15.9 Å². The molecule has 2 nitrogen and oxygen atoms in total. The topological polar surface area (TPSA) is 20.3 Å². The standard InChI is InChI=1S/C10H8BrCl2NO/c11-6-3-10(15)14(5-6)9-2-1-7(12)4-8(9)13/h1-2,4,6H,3,5H2. The number of benzene rings is 1. The van der Waals surface area contributed by atoms with Crippen molar-refractivity contribution in [1.82, 2.24) is 0 Å². The largest absolute Gasteiger partial charge is 0.310 e. The number of carbonyl (C=O) groups excluding carboxylic acids is 1. The van der Waals surface area contributed by atoms with E-state index in [4.69, 9.17) is 23.2 Å². The van der Waals surface area contributed by atoms with E-state index in [-0.39, 0.29) is 10.7 Å². The third-order valence-electron chi connectivity index (χ3n) is 2.28. The van der Waals surface area contributed by atoms with Gasteiger partial charge in [0, 0.05) is 22.8 Å². The van der Waals surface area contributed by atoms with E-state index < -0.39 is 0 Å². The van der Waals surface area contributed by atoms with Crippen LogP contribution < -0.4 is 4.90 Å². The van der Waals surface area contributed by atoms with E-state index in [1.54, 1.807) is 23.1 Å². The molecule has 1 amide bonds. The first-order chi connectivity index (χ1) is 7.08. The Morgan fingerprint density at radius 3 is 2.67 bits per heavy atom. The number of alkyl halides is 1. The number of halogens is 3. The second kappa shape index (κ2) is 4.32. The van der Waals surface area contributed by atoms with Crippen molar-refractivity contribution in [3.05, 3.63) is 28.2 Å². The molecule has 0 N–H and O–H groups in total. The number of hydrogen-bond donors (Lipinski definition) is 0. The van der Waals surface area contributed by atoms with Gasteiger partial charge >= 0.3 is 0 Å². The number of nitrogens with zero attached hydrogens (tertiary/aromatic N) is 1. The van der Waals surface area contributed by atoms with Crippen molar-refractivity contribution in [2.45, 2.75) is 11.2 Å². The van der Waals surface area contributed by atoms with E-state index >= 15 is 0 Å². The Morgan fingerprint density at radius 1 is 1.40 bits per heavy atom. The van der Waals surface area contributed by atoms with Crippen LogP contribution in [0.15, 0.2) is 18.2 Å². The molecule has 1 heterocycles. The molecule has 1 aromatic rings. The molecular formula is C10H8BrCl2NO. The first-order valence-electron chi connectivity index (χ1n) is 4.47. The predicted octanol–water partition coefficient (Wildman–Crippen LogP) is 3.49. The van der Waals surface area contributed by atoms with Crippen LogP contribution in [0.1, 0.15) is 6.42 Å². The van der Waals surface area contributed by atoms with Crippen LogP contribution in [0.25, 0.3) is 0 Å². The van der Waals surface area contributed by atoms with Gasteiger partial charge in [-0.25, -0.2) is 0 Å². The highest BCUT2D eigenvalue weighted by molar-refractivity contribution is 9.09. The Balaban J connectivity index is 2.34. The van der Waals surface area contributed by atoms with Gasteiger partial charge in [-0.1, -0.05) is 39.1 Å². The van der Waals surface area contributed by atoms with Gasteiger partial charge in [0.1, 0.15) is 0 Å². The lowest BCUT2D eigenvalue weighted by Crippen LogP contribution is -2.24. The van der Waals surface area contributed by atoms with Crippen LogP contribution in [-0.4, -0.2) is 17.3 Å². The minimum atomic E-state index is 0.0843. The minimum absolute atomic E-state index is 0.0843. The van der Waals surface area contributed by atoms with Crippen LogP contribution in [0.4, 0.5) is 5.69 Å². The summed E-state index contributed by atoms with van der Waals surface area (Å²) in [4.78, 5) is 13.5. The van der Waals surface area contributed by atoms with Crippen LogP contribution >= 0.6 is 39.1 Å². The Kier molecular flexibility index (Phi) is 3.24. The molecule has 0 saturated carbocycles. The Morgan fingerprint density at radius 2 is 2.13 bits per heavy atom. The summed E-state index contributed by atoms with van der Waals surface area (Å²) in [6.07, 6.45) is 0.513. The van der Waals surface area contributed by atoms with Crippen molar-refractivity contribution in [3.63, 3.8) is 0 Å². The van der Waals surface area contributed by atoms with Crippen molar-refractivity contribution < 1.29 is 4.79 Å². The molecule has 1 saturated heterocycles. The molecule has 15 heavy (non-hydrogen) atoms. The quantitative estimate of drug-likeness (QED) is 0.727. The molecule has 1 unspecified atom stereocenters. The average Bonchev–Trinajstić information content (AvgIpc) is 2.45. The molecule has 5 heteroatoms. The van der Waals surface area contributed by atoms with Crippen molar-refractivity contribution in [2.75, 3.05) is 11.4 Å². The second-order valence-electron chi connectivity index (χ2n) is 3.40. The zero-order chi connectivity index (χ0) is 11.0. The van der Waals surface area contributed by atoms with Gasteiger partial charge in [-0.3, -0.25) is 4.79 Å². The Labute approximate surface area is 106 Å². The van der Waals surface area contributed by atoms with Crippen LogP contribution in [0.5, 0.6) is 0 Å². The lowest BCUT2D eigenvalue weighted by atomic mass is 10.3. The molecule has 1 aliphatic rings. The third kappa shape index (κ3) is 2.30. The van der Waals surface area contributed by atoms with Gasteiger partial charge in [0.25, 0.3) is 0 Å². The molecule has 0 aromatic heterocycles. The first kappa shape index (κ1) is 11.2. The van der Waals surface area contributed by atoms with E-state index in [9.17, 15) is 4.79 Å². The summed E-state index contributed by atoms with van der Waals surface area (Å²) in [6, 6.07) is 5.15. The van der Waals surface area contributed by atoms with Gasteiger partial charge in [0.05, 0.1) is 10.7 Å². The van der Waals surface area contributed by atoms with E-state index in [1.165, 1.54) is 0 Å². The average molecular weight is 309 g/mol. The van der Waals surface area contributed by atoms with Crippen molar-refractivity contribution >= 4 is 50.7 Å². The van der Waals surface area contributed by atoms with Gasteiger partial charge in [-0.05, 0) is 18.2 Å². The number of amides is 1. The second-order valence-corrected chi connectivity index (χ2v) is 5.54. The summed E-state index contributed by atoms with van der Waals surface area (Å²) < 4.78 is 0. The molecular weight excluding hydrogens is 301 g/mol. The van der Waals surface area contributed by atoms with Crippen molar-refractivity contribution in [3.8, 4) is 0 Å². The number of carbonyl (C=O) groups is 1. The van der Waals surface area contributed by atoms with Gasteiger partial charge in [-0.2, -0.15) is 0 Å². The lowest BCUT2D eigenvalue weighted by molar-refractivity contribution is -0.117. The Hall–Kier alpha value is -0.250. The minimum Gasteiger partial charge on any atom is -0.310 e. The summed E-state index contributed by atoms with van der Waals surface area (Å²) in [5.74, 6) is 0.0843. The smallest absolute Gasteiger partial charge is 0.228 e. The summed E-state index contributed by atoms with van der Waals surface area (Å²) in [5, 5.41) is 1.09. The highest BCUT2D eigenvalue weighted by atomic mass is 79.9. The maximum Gasteiger partial charge on any atom is 0.228 e. The third-order valence-corrected chi connectivity index (χ3v) is 3.43. The first-order valence-corrected chi connectivity index (χ1v) is 6.14. The maximum atomic E-state index is 11.6. The van der Waals surface area contributed by atoms with Crippen LogP contribution in [-0.2, 0) is 4.79 Å². The summed E-state index contributed by atoms with van der Waals surface area (Å²) in [5.41, 5.74) is 0.730. The summed E-state index contributed by atoms with van der Waals surface area (Å²) in [7, 11) is 0. The Bertz CT molecular complexity index is 410. The fourth-order valence-electron chi connectivity index (χ4n) is 1.60. The highest BCUT2D eigenvalue weighted by Gasteiger charge is 2.29. The van der Waals surface area contributed by atoms with Gasteiger partial charge in [0.2, 0.25) is 5.91 Å². The zero-order valence-electron chi connectivity index (χ0n) is 7.71. The number of rotatable bonds is 1. The molecule has 0 bridgehead atoms. The van der Waals surface area contributed by atoms with Crippen molar-refractivity contribution in [2.24, 2.45) is 0 Å². The maximum absolute atomic E-state index is 11.6. The number of hydrogen-bond acceptors (Lipinski definition) is 1. The molecule has 1 fully saturated rings.